The van der Waals surface area contributed by atoms with Crippen molar-refractivity contribution in [2.75, 3.05) is 0 Å². The minimum Gasteiger partial charge on any atom is -0.455 e. The molecule has 0 spiro atoms. The molecular weight excluding hydrogens is 362 g/mol. The summed E-state index contributed by atoms with van der Waals surface area (Å²) >= 11 is 1.53. The maximum Gasteiger partial charge on any atom is 0.342 e. The quantitative estimate of drug-likeness (QED) is 0.467. The lowest BCUT2D eigenvalue weighted by Gasteiger charge is -2.01. The van der Waals surface area contributed by atoms with E-state index >= 15 is 0 Å². The molecule has 0 aliphatic carbocycles. The number of ether oxygens (including phenoxy) is 1. The smallest absolute Gasteiger partial charge is 0.342 e. The molecule has 4 rings (SSSR count). The largest absolute Gasteiger partial charge is 0.455 e. The van der Waals surface area contributed by atoms with Crippen LogP contribution in [0.25, 0.3) is 10.6 Å². The molecule has 1 aromatic carbocycles. The second-order valence-corrected chi connectivity index (χ2v) is 7.00. The minimum absolute atomic E-state index is 0.0594. The van der Waals surface area contributed by atoms with Crippen LogP contribution in [-0.2, 0) is 17.9 Å². The van der Waals surface area contributed by atoms with E-state index in [1.54, 1.807) is 23.9 Å². The van der Waals surface area contributed by atoms with E-state index in [0.717, 1.165) is 10.4 Å². The highest BCUT2D eigenvalue weighted by Gasteiger charge is 2.20. The zero-order valence-electron chi connectivity index (χ0n) is 14.7. The Labute approximate surface area is 160 Å². The fourth-order valence-electron chi connectivity index (χ4n) is 2.72. The number of benzene rings is 1. The van der Waals surface area contributed by atoms with E-state index in [0.29, 0.717) is 29.3 Å². The summed E-state index contributed by atoms with van der Waals surface area (Å²) in [5.74, 6) is 0.245. The van der Waals surface area contributed by atoms with Crippen molar-refractivity contribution in [1.29, 1.82) is 0 Å². The normalized spacial score (nSPS) is 10.9. The second-order valence-electron chi connectivity index (χ2n) is 6.06. The Balaban J connectivity index is 1.58. The van der Waals surface area contributed by atoms with Crippen molar-refractivity contribution < 1.29 is 14.1 Å². The van der Waals surface area contributed by atoms with Crippen LogP contribution in [0.1, 0.15) is 27.4 Å². The Morgan fingerprint density at radius 1 is 1.22 bits per heavy atom. The number of aromatic nitrogens is 3. The maximum atomic E-state index is 12.7. The van der Waals surface area contributed by atoms with Gasteiger partial charge in [-0.3, -0.25) is 4.68 Å². The molecule has 0 fully saturated rings. The van der Waals surface area contributed by atoms with Gasteiger partial charge in [-0.05, 0) is 23.9 Å². The third-order valence-corrected chi connectivity index (χ3v) is 4.83. The first-order valence-corrected chi connectivity index (χ1v) is 9.31. The number of hydrogen-bond donors (Lipinski definition) is 0. The van der Waals surface area contributed by atoms with Crippen molar-refractivity contribution in [3.05, 3.63) is 82.7 Å². The van der Waals surface area contributed by atoms with E-state index in [2.05, 4.69) is 10.3 Å². The molecule has 6 nitrogen and oxygen atoms in total. The van der Waals surface area contributed by atoms with Crippen LogP contribution in [0.4, 0.5) is 0 Å². The molecule has 0 bridgehead atoms. The van der Waals surface area contributed by atoms with E-state index < -0.39 is 5.97 Å². The number of carbonyl (C=O) groups is 1. The van der Waals surface area contributed by atoms with Gasteiger partial charge in [-0.15, -0.1) is 11.3 Å². The monoisotopic (exact) mass is 379 g/mol. The van der Waals surface area contributed by atoms with Crippen LogP contribution in [0, 0.1) is 6.92 Å². The molecule has 0 N–H and O–H groups in total. The number of esters is 1. The van der Waals surface area contributed by atoms with Crippen LogP contribution in [0.2, 0.25) is 0 Å². The van der Waals surface area contributed by atoms with Crippen LogP contribution in [0.5, 0.6) is 0 Å². The highest BCUT2D eigenvalue weighted by Crippen LogP contribution is 2.27. The first-order chi connectivity index (χ1) is 13.2. The fourth-order valence-corrected chi connectivity index (χ4v) is 3.44. The SMILES string of the molecule is Cc1cc(COC(=O)c2cn(Cc3ccccc3)nc2-c2cccs2)no1. The third-order valence-electron chi connectivity index (χ3n) is 3.95. The summed E-state index contributed by atoms with van der Waals surface area (Å²) in [6, 6.07) is 15.6. The highest BCUT2D eigenvalue weighted by molar-refractivity contribution is 7.13. The number of carbonyl (C=O) groups excluding carboxylic acids is 1. The van der Waals surface area contributed by atoms with Gasteiger partial charge in [-0.25, -0.2) is 4.79 Å². The Morgan fingerprint density at radius 3 is 2.78 bits per heavy atom. The Hall–Kier alpha value is -3.19. The van der Waals surface area contributed by atoms with Crippen molar-refractivity contribution in [1.82, 2.24) is 14.9 Å². The topological polar surface area (TPSA) is 70.2 Å². The molecule has 3 heterocycles. The van der Waals surface area contributed by atoms with Gasteiger partial charge in [0.25, 0.3) is 0 Å². The first kappa shape index (κ1) is 17.2. The maximum absolute atomic E-state index is 12.7. The molecule has 0 saturated heterocycles. The molecule has 136 valence electrons. The molecule has 4 aromatic rings. The fraction of sp³-hybridized carbons (Fsp3) is 0.150. The van der Waals surface area contributed by atoms with Crippen molar-refractivity contribution in [2.45, 2.75) is 20.1 Å². The molecule has 0 unspecified atom stereocenters. The summed E-state index contributed by atoms with van der Waals surface area (Å²) in [5, 5.41) is 10.4. The second kappa shape index (κ2) is 7.59. The van der Waals surface area contributed by atoms with Gasteiger partial charge in [0.05, 0.1) is 11.4 Å². The molecule has 0 atom stereocenters. The van der Waals surface area contributed by atoms with Crippen molar-refractivity contribution in [3.63, 3.8) is 0 Å². The lowest BCUT2D eigenvalue weighted by atomic mass is 10.2. The minimum atomic E-state index is -0.432. The molecule has 3 aromatic heterocycles. The van der Waals surface area contributed by atoms with Gasteiger partial charge in [0.15, 0.2) is 0 Å². The average molecular weight is 379 g/mol. The standard InChI is InChI=1S/C20H17N3O3S/c1-14-10-16(22-26-14)13-25-20(24)17-12-23(11-15-6-3-2-4-7-15)21-19(17)18-8-5-9-27-18/h2-10,12H,11,13H2,1H3. The molecule has 0 saturated carbocycles. The summed E-state index contributed by atoms with van der Waals surface area (Å²) < 4.78 is 12.2. The van der Waals surface area contributed by atoms with Gasteiger partial charge < -0.3 is 9.26 Å². The number of hydrogen-bond acceptors (Lipinski definition) is 6. The van der Waals surface area contributed by atoms with Crippen LogP contribution < -0.4 is 0 Å². The Kier molecular flexibility index (Phi) is 4.84. The number of rotatable bonds is 6. The van der Waals surface area contributed by atoms with E-state index in [4.69, 9.17) is 9.26 Å². The lowest BCUT2D eigenvalue weighted by Crippen LogP contribution is -2.06. The van der Waals surface area contributed by atoms with Gasteiger partial charge in [-0.1, -0.05) is 41.6 Å². The van der Waals surface area contributed by atoms with E-state index in [-0.39, 0.29) is 6.61 Å². The summed E-state index contributed by atoms with van der Waals surface area (Å²) in [6.07, 6.45) is 1.73. The van der Waals surface area contributed by atoms with Gasteiger partial charge in [0.2, 0.25) is 0 Å². The highest BCUT2D eigenvalue weighted by atomic mass is 32.1. The molecule has 0 aliphatic rings. The van der Waals surface area contributed by atoms with Gasteiger partial charge in [0.1, 0.15) is 29.3 Å². The van der Waals surface area contributed by atoms with Crippen LogP contribution in [0.15, 0.2) is 64.6 Å². The summed E-state index contributed by atoms with van der Waals surface area (Å²) in [6.45, 7) is 2.43. The van der Waals surface area contributed by atoms with Gasteiger partial charge in [0, 0.05) is 12.3 Å². The number of thiophene rings is 1. The molecule has 0 amide bonds. The number of nitrogens with zero attached hydrogens (tertiary/aromatic N) is 3. The number of aryl methyl sites for hydroxylation is 1. The zero-order valence-corrected chi connectivity index (χ0v) is 15.5. The predicted molar refractivity (Wildman–Crippen MR) is 101 cm³/mol. The van der Waals surface area contributed by atoms with Crippen LogP contribution in [-0.4, -0.2) is 20.9 Å². The molecular formula is C20H17N3O3S. The zero-order chi connectivity index (χ0) is 18.6. The summed E-state index contributed by atoms with van der Waals surface area (Å²) in [7, 11) is 0. The third kappa shape index (κ3) is 3.98. The first-order valence-electron chi connectivity index (χ1n) is 8.43. The molecule has 0 radical (unpaired) electrons. The van der Waals surface area contributed by atoms with E-state index in [1.165, 1.54) is 11.3 Å². The van der Waals surface area contributed by atoms with Crippen LogP contribution in [0.3, 0.4) is 0 Å². The molecule has 7 heteroatoms. The predicted octanol–water partition coefficient (Wildman–Crippen LogP) is 4.31. The lowest BCUT2D eigenvalue weighted by molar-refractivity contribution is 0.0465. The van der Waals surface area contributed by atoms with Crippen molar-refractivity contribution >= 4 is 17.3 Å². The van der Waals surface area contributed by atoms with E-state index in [1.807, 2.05) is 47.8 Å². The average Bonchev–Trinajstić information content (AvgIpc) is 3.41. The van der Waals surface area contributed by atoms with Gasteiger partial charge >= 0.3 is 5.97 Å². The molecule has 0 aliphatic heterocycles. The molecule has 27 heavy (non-hydrogen) atoms. The summed E-state index contributed by atoms with van der Waals surface area (Å²) in [5.41, 5.74) is 2.75. The van der Waals surface area contributed by atoms with Crippen LogP contribution >= 0.6 is 11.3 Å². The van der Waals surface area contributed by atoms with E-state index in [9.17, 15) is 4.79 Å². The summed E-state index contributed by atoms with van der Waals surface area (Å²) in [4.78, 5) is 13.6. The Bertz CT molecular complexity index is 1040. The van der Waals surface area contributed by atoms with Crippen molar-refractivity contribution in [2.24, 2.45) is 0 Å². The Morgan fingerprint density at radius 2 is 2.07 bits per heavy atom. The van der Waals surface area contributed by atoms with Gasteiger partial charge in [-0.2, -0.15) is 5.10 Å². The van der Waals surface area contributed by atoms with Crippen molar-refractivity contribution in [3.8, 4) is 10.6 Å².